The molecule has 0 aromatic heterocycles. The van der Waals surface area contributed by atoms with Crippen molar-refractivity contribution in [3.8, 4) is 0 Å². The lowest BCUT2D eigenvalue weighted by atomic mass is 9.95. The predicted molar refractivity (Wildman–Crippen MR) is 109 cm³/mol. The largest absolute Gasteiger partial charge is 0.394 e. The normalized spacial score (nSPS) is 38.2. The molecule has 2 aliphatic heterocycles. The second-order valence-corrected chi connectivity index (χ2v) is 7.68. The van der Waals surface area contributed by atoms with Crippen LogP contribution in [0.2, 0.25) is 0 Å². The molecule has 0 aromatic carbocycles. The second-order valence-electron chi connectivity index (χ2n) is 7.68. The summed E-state index contributed by atoms with van der Waals surface area (Å²) in [7, 11) is 0. The van der Waals surface area contributed by atoms with E-state index in [-0.39, 0.29) is 26.4 Å². The maximum Gasteiger partial charge on any atom is 0.217 e. The molecule has 7 N–H and O–H groups in total. The fourth-order valence-electron chi connectivity index (χ4n) is 3.57. The molecule has 2 heterocycles. The van der Waals surface area contributed by atoms with Gasteiger partial charge in [0.2, 0.25) is 5.91 Å². The van der Waals surface area contributed by atoms with E-state index in [0.29, 0.717) is 0 Å². The lowest BCUT2D eigenvalue weighted by molar-refractivity contribution is -0.345. The van der Waals surface area contributed by atoms with Crippen molar-refractivity contribution in [3.63, 3.8) is 0 Å². The van der Waals surface area contributed by atoms with Gasteiger partial charge in [0, 0.05) is 18.4 Å². The average molecular weight is 496 g/mol. The van der Waals surface area contributed by atoms with E-state index in [2.05, 4.69) is 15.3 Å². The van der Waals surface area contributed by atoms with Gasteiger partial charge in [0.1, 0.15) is 48.8 Å². The van der Waals surface area contributed by atoms with Crippen molar-refractivity contribution in [2.45, 2.75) is 68.3 Å². The summed E-state index contributed by atoms with van der Waals surface area (Å²) in [5, 5.41) is 65.8. The third kappa shape index (κ3) is 7.42. The number of hydrogen-bond acceptors (Lipinski definition) is 13. The first-order valence-corrected chi connectivity index (χ1v) is 10.6. The van der Waals surface area contributed by atoms with Crippen LogP contribution < -0.4 is 5.32 Å². The van der Waals surface area contributed by atoms with Crippen LogP contribution >= 0.6 is 0 Å². The van der Waals surface area contributed by atoms with E-state index < -0.39 is 80.5 Å². The minimum Gasteiger partial charge on any atom is -0.394 e. The summed E-state index contributed by atoms with van der Waals surface area (Å²) in [5.74, 6) is -0.537. The van der Waals surface area contributed by atoms with Crippen LogP contribution in [0, 0.1) is 0 Å². The molecule has 2 aliphatic rings. The van der Waals surface area contributed by atoms with Crippen molar-refractivity contribution in [1.82, 2.24) is 5.32 Å². The molecule has 0 unspecified atom stereocenters. The maximum atomic E-state index is 11.8. The highest BCUT2D eigenvalue weighted by atomic mass is 16.7. The number of azide groups is 1. The zero-order valence-electron chi connectivity index (χ0n) is 18.5. The molecule has 16 heteroatoms. The predicted octanol–water partition coefficient (Wildman–Crippen LogP) is -3.90. The van der Waals surface area contributed by atoms with E-state index in [1.165, 1.54) is 6.92 Å². The minimum atomic E-state index is -1.76. The lowest BCUT2D eigenvalue weighted by Crippen LogP contribution is -2.68. The third-order valence-electron chi connectivity index (χ3n) is 5.27. The van der Waals surface area contributed by atoms with E-state index in [1.54, 1.807) is 0 Å². The van der Waals surface area contributed by atoms with Crippen molar-refractivity contribution in [3.05, 3.63) is 10.4 Å². The number of rotatable bonds is 12. The number of carbonyl (C=O) groups excluding carboxylic acids is 1. The first kappa shape index (κ1) is 28.6. The molecule has 196 valence electrons. The van der Waals surface area contributed by atoms with Crippen molar-refractivity contribution >= 4 is 5.91 Å². The van der Waals surface area contributed by atoms with Gasteiger partial charge in [0.15, 0.2) is 12.6 Å². The van der Waals surface area contributed by atoms with E-state index >= 15 is 0 Å². The number of ether oxygens (including phenoxy) is 5. The number of aliphatic hydroxyl groups is 6. The standard InChI is InChI=1S/C18H32N4O12/c1-8(25)21-11-16(34-18-15(29)14(28)12(26)9(6-23)33-18)13(27)10(7-24)32-17(11)31-5-4-30-3-2-20-22-19/h9-18,23-24,26-29H,2-7H2,1H3,(H,21,25)/t9-,10-,11-,12+,13+,14+,15-,16-,17+,18+/m1/s1. The molecule has 0 bridgehead atoms. The molecule has 10 atom stereocenters. The van der Waals surface area contributed by atoms with E-state index in [0.717, 1.165) is 0 Å². The quantitative estimate of drug-likeness (QED) is 0.0593. The smallest absolute Gasteiger partial charge is 0.217 e. The van der Waals surface area contributed by atoms with Crippen molar-refractivity contribution in [1.29, 1.82) is 0 Å². The zero-order valence-corrected chi connectivity index (χ0v) is 18.5. The van der Waals surface area contributed by atoms with E-state index in [4.69, 9.17) is 29.2 Å². The zero-order chi connectivity index (χ0) is 25.3. The molecule has 0 saturated carbocycles. The molecule has 16 nitrogen and oxygen atoms in total. The number of amides is 1. The summed E-state index contributed by atoms with van der Waals surface area (Å²) in [6.07, 6.45) is -13.3. The fraction of sp³-hybridized carbons (Fsp3) is 0.944. The molecule has 0 aliphatic carbocycles. The van der Waals surface area contributed by atoms with Gasteiger partial charge in [-0.05, 0) is 5.53 Å². The van der Waals surface area contributed by atoms with E-state index in [1.807, 2.05) is 0 Å². The molecule has 34 heavy (non-hydrogen) atoms. The van der Waals surface area contributed by atoms with E-state index in [9.17, 15) is 35.4 Å². The fourth-order valence-corrected chi connectivity index (χ4v) is 3.57. The summed E-state index contributed by atoms with van der Waals surface area (Å²) in [6.45, 7) is 0.154. The van der Waals surface area contributed by atoms with Crippen molar-refractivity contribution in [2.75, 3.05) is 39.6 Å². The van der Waals surface area contributed by atoms with Crippen LogP contribution in [0.25, 0.3) is 10.4 Å². The Morgan fingerprint density at radius 2 is 1.62 bits per heavy atom. The summed E-state index contributed by atoms with van der Waals surface area (Å²) in [6, 6.07) is -1.16. The molecule has 2 fully saturated rings. The average Bonchev–Trinajstić information content (AvgIpc) is 2.81. The first-order valence-electron chi connectivity index (χ1n) is 10.6. The number of nitrogens with zero attached hydrogens (tertiary/aromatic N) is 3. The number of hydrogen-bond donors (Lipinski definition) is 7. The highest BCUT2D eigenvalue weighted by molar-refractivity contribution is 5.73. The van der Waals surface area contributed by atoms with Gasteiger partial charge in [-0.3, -0.25) is 4.79 Å². The second kappa shape index (κ2) is 14.0. The third-order valence-corrected chi connectivity index (χ3v) is 5.27. The lowest BCUT2D eigenvalue weighted by Gasteiger charge is -2.47. The minimum absolute atomic E-state index is 0.0436. The highest BCUT2D eigenvalue weighted by Crippen LogP contribution is 2.29. The Morgan fingerprint density at radius 3 is 2.24 bits per heavy atom. The van der Waals surface area contributed by atoms with Gasteiger partial charge in [-0.15, -0.1) is 0 Å². The van der Waals surface area contributed by atoms with Gasteiger partial charge in [-0.1, -0.05) is 5.11 Å². The van der Waals surface area contributed by atoms with Crippen LogP contribution in [0.1, 0.15) is 6.92 Å². The Bertz CT molecular complexity index is 681. The number of aliphatic hydroxyl groups excluding tert-OH is 6. The van der Waals surface area contributed by atoms with Crippen LogP contribution in [0.3, 0.4) is 0 Å². The Balaban J connectivity index is 2.14. The SMILES string of the molecule is CC(=O)N[C@H]1[C@@H](OCCOCCN=[N+]=[N-])O[C@H](CO)[C@H](O)[C@@H]1O[C@@H]1O[C@H](CO)[C@H](O)[C@H](O)[C@H]1O. The first-order chi connectivity index (χ1) is 16.2. The van der Waals surface area contributed by atoms with Gasteiger partial charge >= 0.3 is 0 Å². The van der Waals surface area contributed by atoms with Gasteiger partial charge in [0.25, 0.3) is 0 Å². The Labute approximate surface area is 194 Å². The summed E-state index contributed by atoms with van der Waals surface area (Å²) in [5.41, 5.74) is 8.24. The van der Waals surface area contributed by atoms with Crippen molar-refractivity contribution in [2.24, 2.45) is 5.11 Å². The maximum absolute atomic E-state index is 11.8. The van der Waals surface area contributed by atoms with Gasteiger partial charge in [0.05, 0.1) is 33.0 Å². The Kier molecular flexibility index (Phi) is 11.8. The Morgan fingerprint density at radius 1 is 0.971 bits per heavy atom. The molecule has 1 amide bonds. The molecule has 0 radical (unpaired) electrons. The molecule has 2 saturated heterocycles. The molecule has 0 spiro atoms. The van der Waals surface area contributed by atoms with Crippen LogP contribution in [0.5, 0.6) is 0 Å². The van der Waals surface area contributed by atoms with Crippen LogP contribution in [0.15, 0.2) is 5.11 Å². The molecule has 0 aromatic rings. The monoisotopic (exact) mass is 496 g/mol. The van der Waals surface area contributed by atoms with Gasteiger partial charge in [-0.2, -0.15) is 0 Å². The van der Waals surface area contributed by atoms with Crippen LogP contribution in [-0.2, 0) is 28.5 Å². The van der Waals surface area contributed by atoms with Crippen molar-refractivity contribution < 1.29 is 59.1 Å². The van der Waals surface area contributed by atoms with Gasteiger partial charge < -0.3 is 59.6 Å². The summed E-state index contributed by atoms with van der Waals surface area (Å²) in [4.78, 5) is 14.4. The molecular weight excluding hydrogens is 464 g/mol. The number of nitrogens with one attached hydrogen (secondary N) is 1. The topological polar surface area (TPSA) is 245 Å². The number of carbonyl (C=O) groups is 1. The van der Waals surface area contributed by atoms with Crippen LogP contribution in [0.4, 0.5) is 0 Å². The summed E-state index contributed by atoms with van der Waals surface area (Å²) < 4.78 is 27.4. The molecular formula is C18H32N4O12. The van der Waals surface area contributed by atoms with Crippen LogP contribution in [-0.4, -0.2) is 137 Å². The van der Waals surface area contributed by atoms with Gasteiger partial charge in [-0.25, -0.2) is 0 Å². The summed E-state index contributed by atoms with van der Waals surface area (Å²) >= 11 is 0. The molecule has 2 rings (SSSR count). The Hall–Kier alpha value is -1.66. The highest BCUT2D eigenvalue weighted by Gasteiger charge is 2.51.